The Morgan fingerprint density at radius 2 is 1.00 bits per heavy atom. The fourth-order valence-corrected chi connectivity index (χ4v) is 9.07. The van der Waals surface area contributed by atoms with Crippen molar-refractivity contribution in [1.82, 2.24) is 0 Å². The number of benzene rings is 4. The third-order valence-corrected chi connectivity index (χ3v) is 12.8. The predicted octanol–water partition coefficient (Wildman–Crippen LogP) is 8.52. The van der Waals surface area contributed by atoms with Crippen LogP contribution < -0.4 is 24.8 Å². The van der Waals surface area contributed by atoms with Gasteiger partial charge in [0.25, 0.3) is 0 Å². The molecule has 0 aromatic heterocycles. The van der Waals surface area contributed by atoms with Crippen molar-refractivity contribution in [3.8, 4) is 0 Å². The average Bonchev–Trinajstić information content (AvgIpc) is 3.80. The van der Waals surface area contributed by atoms with Gasteiger partial charge >= 0.3 is 112 Å². The van der Waals surface area contributed by atoms with E-state index in [1.54, 1.807) is 0 Å². The van der Waals surface area contributed by atoms with Crippen molar-refractivity contribution in [2.75, 3.05) is 0 Å². The summed E-state index contributed by atoms with van der Waals surface area (Å²) in [5, 5.41) is 5.58. The minimum Gasteiger partial charge on any atom is -1.00 e. The van der Waals surface area contributed by atoms with E-state index >= 15 is 0 Å². The zero-order valence-electron chi connectivity index (χ0n) is 36.1. The van der Waals surface area contributed by atoms with Crippen molar-refractivity contribution in [2.45, 2.75) is 108 Å². The van der Waals surface area contributed by atoms with Gasteiger partial charge in [0.2, 0.25) is 0 Å². The molecule has 0 nitrogen and oxygen atoms in total. The van der Waals surface area contributed by atoms with Crippen LogP contribution in [0.4, 0.5) is 0 Å². The van der Waals surface area contributed by atoms with Crippen LogP contribution in [0.25, 0.3) is 32.7 Å². The maximum absolute atomic E-state index is 3.15. The molecule has 0 heterocycles. The van der Waals surface area contributed by atoms with Crippen LogP contribution in [0.5, 0.6) is 0 Å². The van der Waals surface area contributed by atoms with Gasteiger partial charge in [-0.15, -0.1) is 46.7 Å². The zero-order valence-corrected chi connectivity index (χ0v) is 40.1. The Hall–Kier alpha value is -2.96. The van der Waals surface area contributed by atoms with E-state index < -0.39 is 0 Å². The van der Waals surface area contributed by atoms with Gasteiger partial charge in [0, 0.05) is 10.8 Å². The summed E-state index contributed by atoms with van der Waals surface area (Å²) in [6, 6.07) is 29.9. The van der Waals surface area contributed by atoms with Gasteiger partial charge in [-0.2, -0.15) is 6.08 Å². The second kappa shape index (κ2) is 16.7. The molecule has 0 spiro atoms. The van der Waals surface area contributed by atoms with E-state index in [4.69, 9.17) is 0 Å². The van der Waals surface area contributed by atoms with Gasteiger partial charge < -0.3 is 24.8 Å². The van der Waals surface area contributed by atoms with Crippen LogP contribution >= 0.6 is 0 Å². The van der Waals surface area contributed by atoms with E-state index in [1.807, 2.05) is 6.08 Å². The molecule has 3 aliphatic rings. The summed E-state index contributed by atoms with van der Waals surface area (Å²) in [5.74, 6) is 0.556. The van der Waals surface area contributed by atoms with Crippen LogP contribution in [0.15, 0.2) is 109 Å². The van der Waals surface area contributed by atoms with Crippen molar-refractivity contribution in [2.24, 2.45) is 16.7 Å². The Balaban J connectivity index is 0.000000232. The molecule has 8 rings (SSSR count). The quantitative estimate of drug-likeness (QED) is 0.156. The first kappa shape index (κ1) is 45.7. The Bertz CT molecular complexity index is 2220. The van der Waals surface area contributed by atoms with Crippen LogP contribution in [0, 0.1) is 36.7 Å². The molecule has 56 heavy (non-hydrogen) atoms. The Morgan fingerprint density at radius 1 is 0.625 bits per heavy atom. The van der Waals surface area contributed by atoms with E-state index in [0.717, 1.165) is 0 Å². The molecule has 292 valence electrons. The van der Waals surface area contributed by atoms with Gasteiger partial charge in [-0.25, -0.2) is 11.6 Å². The van der Waals surface area contributed by atoms with Crippen LogP contribution in [-0.4, -0.2) is 3.21 Å². The summed E-state index contributed by atoms with van der Waals surface area (Å²) in [6.07, 6.45) is 12.4. The molecule has 0 fully saturated rings. The van der Waals surface area contributed by atoms with Crippen LogP contribution in [-0.2, 0) is 35.1 Å². The maximum atomic E-state index is 3.15. The van der Waals surface area contributed by atoms with Gasteiger partial charge in [-0.3, -0.25) is 6.08 Å². The monoisotopic (exact) mass is 856 g/mol. The van der Waals surface area contributed by atoms with Crippen molar-refractivity contribution in [3.05, 3.63) is 159 Å². The molecule has 0 radical (unpaired) electrons. The second-order valence-corrected chi connectivity index (χ2v) is 20.5. The average molecular weight is 859 g/mol. The fraction of sp³-hybridized carbons (Fsp3) is 0.358. The standard InChI is InChI=1S/C31H37.C15H14.C7H9.2ClH.Zr/c1-28(2,3)26-16-30(7,8)24-12-18-11-19-13-25-23(15-21(19)20(18)14-22(24)26)27(29(4,5)6)17-31(25,9)10;1-12-3-7-14(8-4-12)11-15-9-5-13(2)6-10-15;1-6-3-4-7(2)5-6;;;/h11-17H,1-10H3;3-10H,1-2H3;3,5,7H,1-2H3;2*1H;/q-1;;-1;;;+2/p-2. The van der Waals surface area contributed by atoms with E-state index in [0.29, 0.717) is 5.92 Å². The molecule has 0 N–H and O–H groups in total. The number of hydrogen-bond donors (Lipinski definition) is 0. The van der Waals surface area contributed by atoms with Crippen molar-refractivity contribution in [3.63, 3.8) is 0 Å². The molecule has 3 aliphatic carbocycles. The first-order chi connectivity index (χ1) is 25.0. The summed E-state index contributed by atoms with van der Waals surface area (Å²) in [7, 11) is 0. The van der Waals surface area contributed by atoms with Gasteiger partial charge in [-0.1, -0.05) is 117 Å². The van der Waals surface area contributed by atoms with Gasteiger partial charge in [0.15, 0.2) is 0 Å². The summed E-state index contributed by atoms with van der Waals surface area (Å²) in [5.41, 5.74) is 15.9. The second-order valence-electron chi connectivity index (χ2n) is 19.3. The van der Waals surface area contributed by atoms with Crippen LogP contribution in [0.3, 0.4) is 0 Å². The Morgan fingerprint density at radius 3 is 1.29 bits per heavy atom. The number of rotatable bonds is 2. The van der Waals surface area contributed by atoms with Crippen LogP contribution in [0.2, 0.25) is 0 Å². The normalized spacial score (nSPS) is 17.3. The molecule has 0 saturated heterocycles. The minimum atomic E-state index is 0. The van der Waals surface area contributed by atoms with E-state index in [1.165, 1.54) is 110 Å². The number of aryl methyl sites for hydroxylation is 2. The first-order valence-corrected chi connectivity index (χ1v) is 21.0. The predicted molar refractivity (Wildman–Crippen MR) is 234 cm³/mol. The molecule has 0 saturated carbocycles. The van der Waals surface area contributed by atoms with E-state index in [9.17, 15) is 0 Å². The molecule has 0 bridgehead atoms. The van der Waals surface area contributed by atoms with Crippen molar-refractivity contribution < 1.29 is 49.0 Å². The number of fused-ring (bicyclic) bond motifs is 5. The van der Waals surface area contributed by atoms with Crippen molar-refractivity contribution in [1.29, 1.82) is 0 Å². The van der Waals surface area contributed by atoms with Gasteiger partial charge in [0.1, 0.15) is 0 Å². The topological polar surface area (TPSA) is 0 Å². The molecule has 1 atom stereocenters. The van der Waals surface area contributed by atoms with Gasteiger partial charge in [0.05, 0.1) is 0 Å². The number of allylic oxidation sites excluding steroid dienone is 8. The Kier molecular flexibility index (Phi) is 13.7. The molecule has 1 unspecified atom stereocenters. The molecule has 3 heteroatoms. The smallest absolute Gasteiger partial charge is 1.00 e. The SMILES string of the molecule is CC(C)(C)C1=CC(C)(C)c2cc3[cH-]c4cc5c(cc4c3cc21)C(C(C)(C)C)=CC5(C)C.CC1=CC(C)[C-]=C1.Cc1ccc([C](=[Zr+2])c2ccc(C)cc2)cc1.[Cl-].[Cl-]. The van der Waals surface area contributed by atoms with Gasteiger partial charge in [-0.05, 0) is 33.1 Å². The third-order valence-electron chi connectivity index (χ3n) is 11.3. The van der Waals surface area contributed by atoms with Crippen molar-refractivity contribution >= 4 is 35.9 Å². The third kappa shape index (κ3) is 9.49. The molecule has 0 aliphatic heterocycles. The Labute approximate surface area is 366 Å². The van der Waals surface area contributed by atoms with E-state index in [-0.39, 0.29) is 46.5 Å². The fourth-order valence-electron chi connectivity index (χ4n) is 8.25. The summed E-state index contributed by atoms with van der Waals surface area (Å²) < 4.78 is 1.42. The summed E-state index contributed by atoms with van der Waals surface area (Å²) in [6.45, 7) is 31.9. The maximum Gasteiger partial charge on any atom is -1.00 e. The first-order valence-electron chi connectivity index (χ1n) is 19.7. The molecule has 5 aromatic carbocycles. The number of hydrogen-bond acceptors (Lipinski definition) is 0. The molecular formula is C53H60Cl2Zr-2. The van der Waals surface area contributed by atoms with E-state index in [2.05, 4.69) is 200 Å². The summed E-state index contributed by atoms with van der Waals surface area (Å²) >= 11 is 1.46. The minimum absolute atomic E-state index is 0. The van der Waals surface area contributed by atoms with Crippen LogP contribution in [0.1, 0.15) is 128 Å². The summed E-state index contributed by atoms with van der Waals surface area (Å²) in [4.78, 5) is 0. The number of halogens is 2. The largest absolute Gasteiger partial charge is 1.00 e. The zero-order chi connectivity index (χ0) is 39.5. The molecular weight excluding hydrogens is 799 g/mol. The molecule has 0 amide bonds. The molecule has 5 aromatic rings.